The summed E-state index contributed by atoms with van der Waals surface area (Å²) in [6.45, 7) is 5.29. The van der Waals surface area contributed by atoms with Crippen LogP contribution in [-0.4, -0.2) is 56.2 Å². The highest BCUT2D eigenvalue weighted by molar-refractivity contribution is 6.32. The molecule has 0 saturated carbocycles. The number of hydrogen-bond acceptors (Lipinski definition) is 7. The third-order valence-electron chi connectivity index (χ3n) is 9.04. The Morgan fingerprint density at radius 3 is 2.65 bits per heavy atom. The minimum absolute atomic E-state index is 0.155. The molecule has 10 heteroatoms. The molecule has 0 aliphatic carbocycles. The van der Waals surface area contributed by atoms with E-state index in [1.54, 1.807) is 30.6 Å². The van der Waals surface area contributed by atoms with Crippen molar-refractivity contribution in [2.75, 3.05) is 18.5 Å². The van der Waals surface area contributed by atoms with Gasteiger partial charge in [0.2, 0.25) is 0 Å². The number of aliphatic hydroxyl groups is 1. The largest absolute Gasteiger partial charge is 0.480 e. The van der Waals surface area contributed by atoms with E-state index in [-0.39, 0.29) is 12.5 Å². The van der Waals surface area contributed by atoms with E-state index in [1.165, 1.54) is 0 Å². The number of benzene rings is 2. The highest BCUT2D eigenvalue weighted by Crippen LogP contribution is 2.33. The molecule has 1 aliphatic heterocycles. The SMILES string of the molecule is Cc1cc(/C=C/c2nccc(-c3cccc(NC(=O)c4ccc(CCCCO)cn4)c3C)c2C#N)c(Cl)cc1CN1CCCC[C@H]1C(=O)O. The standard InChI is InChI=1S/C39H40ClN5O4/c1-25-20-28(33(40)21-29(25)24-45-18-5-3-11-37(45)39(48)49)13-15-35-32(22-41)31(16-17-42-35)30-9-7-10-34(26(30)2)44-38(47)36-14-12-27(23-43-36)8-4-6-19-46/h7,9-10,12-17,20-21,23,37,46H,3-6,8,11,18-19,24H2,1-2H3,(H,44,47)(H,48,49)/b15-13+/t37-/m0/s1. The minimum Gasteiger partial charge on any atom is -0.480 e. The number of amides is 1. The van der Waals surface area contributed by atoms with Gasteiger partial charge < -0.3 is 15.5 Å². The quantitative estimate of drug-likeness (QED) is 0.131. The fourth-order valence-corrected chi connectivity index (χ4v) is 6.48. The number of piperidine rings is 1. The van der Waals surface area contributed by atoms with Gasteiger partial charge in [-0.2, -0.15) is 5.26 Å². The number of carbonyl (C=O) groups excluding carboxylic acids is 1. The number of halogens is 1. The number of carboxylic acids is 1. The highest BCUT2D eigenvalue weighted by Gasteiger charge is 2.28. The lowest BCUT2D eigenvalue weighted by Gasteiger charge is -2.33. The molecule has 1 atom stereocenters. The molecule has 2 aromatic carbocycles. The molecule has 0 spiro atoms. The van der Waals surface area contributed by atoms with Crippen molar-refractivity contribution in [2.45, 2.75) is 65.0 Å². The lowest BCUT2D eigenvalue weighted by molar-refractivity contribution is -0.144. The number of hydrogen-bond donors (Lipinski definition) is 3. The first-order valence-electron chi connectivity index (χ1n) is 16.5. The number of aliphatic carboxylic acids is 1. The number of unbranched alkanes of at least 4 members (excludes halogenated alkanes) is 1. The predicted molar refractivity (Wildman–Crippen MR) is 192 cm³/mol. The fourth-order valence-electron chi connectivity index (χ4n) is 6.23. The van der Waals surface area contributed by atoms with Gasteiger partial charge in [-0.15, -0.1) is 0 Å². The molecule has 2 aromatic heterocycles. The van der Waals surface area contributed by atoms with E-state index in [4.69, 9.17) is 16.7 Å². The van der Waals surface area contributed by atoms with Crippen molar-refractivity contribution in [1.29, 1.82) is 5.26 Å². The van der Waals surface area contributed by atoms with Gasteiger partial charge in [-0.3, -0.25) is 24.5 Å². The molecule has 3 heterocycles. The first kappa shape index (κ1) is 35.4. The normalized spacial score (nSPS) is 14.9. The van der Waals surface area contributed by atoms with E-state index in [0.29, 0.717) is 46.2 Å². The average molecular weight is 678 g/mol. The number of aliphatic hydroxyl groups excluding tert-OH is 1. The van der Waals surface area contributed by atoms with Crippen molar-refractivity contribution in [2.24, 2.45) is 0 Å². The number of carboxylic acid groups (broad SMARTS) is 1. The number of rotatable bonds is 12. The Bertz CT molecular complexity index is 1900. The third-order valence-corrected chi connectivity index (χ3v) is 9.37. The molecule has 4 aromatic rings. The van der Waals surface area contributed by atoms with Crippen LogP contribution in [0.5, 0.6) is 0 Å². The van der Waals surface area contributed by atoms with Gasteiger partial charge in [-0.1, -0.05) is 48.4 Å². The smallest absolute Gasteiger partial charge is 0.320 e. The Kier molecular flexibility index (Phi) is 11.9. The number of aryl methyl sites for hydroxylation is 2. The maximum absolute atomic E-state index is 13.1. The molecule has 0 radical (unpaired) electrons. The van der Waals surface area contributed by atoms with Gasteiger partial charge in [0, 0.05) is 41.8 Å². The highest BCUT2D eigenvalue weighted by atomic mass is 35.5. The molecular formula is C39H40ClN5O4. The number of carbonyl (C=O) groups is 2. The van der Waals surface area contributed by atoms with Gasteiger partial charge in [0.25, 0.3) is 5.91 Å². The zero-order chi connectivity index (χ0) is 34.9. The maximum Gasteiger partial charge on any atom is 0.320 e. The van der Waals surface area contributed by atoms with Crippen LogP contribution in [0.2, 0.25) is 5.02 Å². The van der Waals surface area contributed by atoms with Gasteiger partial charge in [-0.05, 0) is 116 Å². The van der Waals surface area contributed by atoms with Crippen LogP contribution in [0.3, 0.4) is 0 Å². The Morgan fingerprint density at radius 2 is 1.92 bits per heavy atom. The Labute approximate surface area is 291 Å². The summed E-state index contributed by atoms with van der Waals surface area (Å²) in [4.78, 5) is 35.7. The van der Waals surface area contributed by atoms with Gasteiger partial charge in [0.05, 0.1) is 11.3 Å². The molecule has 5 rings (SSSR count). The Hall–Kier alpha value is -4.88. The Morgan fingerprint density at radius 1 is 1.08 bits per heavy atom. The van der Waals surface area contributed by atoms with Crippen LogP contribution in [0.25, 0.3) is 23.3 Å². The van der Waals surface area contributed by atoms with E-state index in [1.807, 2.05) is 61.2 Å². The van der Waals surface area contributed by atoms with Gasteiger partial charge in [0.1, 0.15) is 17.8 Å². The lowest BCUT2D eigenvalue weighted by Crippen LogP contribution is -2.44. The Balaban J connectivity index is 1.35. The van der Waals surface area contributed by atoms with Crippen molar-refractivity contribution in [1.82, 2.24) is 14.9 Å². The first-order chi connectivity index (χ1) is 23.7. The second kappa shape index (κ2) is 16.5. The zero-order valence-corrected chi connectivity index (χ0v) is 28.5. The summed E-state index contributed by atoms with van der Waals surface area (Å²) in [5.74, 6) is -1.13. The van der Waals surface area contributed by atoms with Crippen molar-refractivity contribution in [3.8, 4) is 17.2 Å². The van der Waals surface area contributed by atoms with Gasteiger partial charge in [0.15, 0.2) is 0 Å². The van der Waals surface area contributed by atoms with Gasteiger partial charge >= 0.3 is 5.97 Å². The minimum atomic E-state index is -0.789. The molecular weight excluding hydrogens is 638 g/mol. The van der Waals surface area contributed by atoms with E-state index in [2.05, 4.69) is 21.4 Å². The molecule has 9 nitrogen and oxygen atoms in total. The molecule has 252 valence electrons. The molecule has 1 aliphatic rings. The lowest BCUT2D eigenvalue weighted by atomic mass is 9.94. The number of likely N-dealkylation sites (tertiary alicyclic amines) is 1. The van der Waals surface area contributed by atoms with Crippen LogP contribution in [0.15, 0.2) is 60.9 Å². The van der Waals surface area contributed by atoms with E-state index >= 15 is 0 Å². The van der Waals surface area contributed by atoms with E-state index in [0.717, 1.165) is 72.0 Å². The summed E-state index contributed by atoms with van der Waals surface area (Å²) >= 11 is 6.72. The number of pyridine rings is 2. The summed E-state index contributed by atoms with van der Waals surface area (Å²) in [7, 11) is 0. The number of nitrogens with one attached hydrogen (secondary N) is 1. The monoisotopic (exact) mass is 677 g/mol. The van der Waals surface area contributed by atoms with Crippen LogP contribution in [0, 0.1) is 25.2 Å². The van der Waals surface area contributed by atoms with Crippen LogP contribution >= 0.6 is 11.6 Å². The van der Waals surface area contributed by atoms with Crippen LogP contribution in [0.1, 0.15) is 81.7 Å². The second-order valence-electron chi connectivity index (χ2n) is 12.3. The third kappa shape index (κ3) is 8.59. The molecule has 1 fully saturated rings. The maximum atomic E-state index is 13.1. The summed E-state index contributed by atoms with van der Waals surface area (Å²) in [5, 5.41) is 32.4. The van der Waals surface area contributed by atoms with Crippen molar-refractivity contribution >= 4 is 41.3 Å². The second-order valence-corrected chi connectivity index (χ2v) is 12.8. The number of anilines is 1. The van der Waals surface area contributed by atoms with E-state index < -0.39 is 12.0 Å². The topological polar surface area (TPSA) is 139 Å². The zero-order valence-electron chi connectivity index (χ0n) is 27.7. The first-order valence-corrected chi connectivity index (χ1v) is 16.9. The van der Waals surface area contributed by atoms with Gasteiger partial charge in [-0.25, -0.2) is 0 Å². The molecule has 1 saturated heterocycles. The summed E-state index contributed by atoms with van der Waals surface area (Å²) in [6, 6.07) is 16.6. The molecule has 49 heavy (non-hydrogen) atoms. The van der Waals surface area contributed by atoms with Crippen molar-refractivity contribution in [3.63, 3.8) is 0 Å². The molecule has 0 bridgehead atoms. The van der Waals surface area contributed by atoms with E-state index in [9.17, 15) is 20.0 Å². The summed E-state index contributed by atoms with van der Waals surface area (Å²) < 4.78 is 0. The number of nitrogens with zero attached hydrogens (tertiary/aromatic N) is 4. The van der Waals surface area contributed by atoms with Crippen LogP contribution in [0.4, 0.5) is 5.69 Å². The summed E-state index contributed by atoms with van der Waals surface area (Å²) in [5.41, 5.74) is 7.79. The van der Waals surface area contributed by atoms with Crippen molar-refractivity contribution in [3.05, 3.63) is 111 Å². The summed E-state index contributed by atoms with van der Waals surface area (Å²) in [6.07, 6.45) is 11.8. The number of nitriles is 1. The van der Waals surface area contributed by atoms with Crippen molar-refractivity contribution < 1.29 is 19.8 Å². The average Bonchev–Trinajstić information content (AvgIpc) is 3.10. The molecule has 0 unspecified atom stereocenters. The molecule has 3 N–H and O–H groups in total. The predicted octanol–water partition coefficient (Wildman–Crippen LogP) is 7.46. The van der Waals surface area contributed by atoms with Crippen LogP contribution < -0.4 is 5.32 Å². The van der Waals surface area contributed by atoms with Crippen LogP contribution in [-0.2, 0) is 17.8 Å². The molecule has 1 amide bonds. The number of aromatic nitrogens is 2. The fraction of sp³-hybridized carbons (Fsp3) is 0.308.